The van der Waals surface area contributed by atoms with Gasteiger partial charge in [0.2, 0.25) is 0 Å². The highest BCUT2D eigenvalue weighted by molar-refractivity contribution is 5.93. The molecule has 0 amide bonds. The van der Waals surface area contributed by atoms with E-state index in [1.54, 1.807) is 12.3 Å². The molecule has 3 aliphatic heterocycles. The third-order valence-corrected chi connectivity index (χ3v) is 9.81. The van der Waals surface area contributed by atoms with Crippen molar-refractivity contribution in [1.82, 2.24) is 19.9 Å². The van der Waals surface area contributed by atoms with E-state index in [0.29, 0.717) is 29.6 Å². The van der Waals surface area contributed by atoms with Gasteiger partial charge in [0.15, 0.2) is 5.82 Å². The number of piperidine rings is 1. The molecule has 1 saturated carbocycles. The van der Waals surface area contributed by atoms with Crippen LogP contribution in [0.5, 0.6) is 6.01 Å². The van der Waals surface area contributed by atoms with Crippen LogP contribution >= 0.6 is 0 Å². The summed E-state index contributed by atoms with van der Waals surface area (Å²) in [6, 6.07) is 16.5. The number of pyridine rings is 1. The van der Waals surface area contributed by atoms with Gasteiger partial charge in [-0.1, -0.05) is 48.5 Å². The number of fused-ring (bicyclic) bond motifs is 4. The van der Waals surface area contributed by atoms with Gasteiger partial charge in [0, 0.05) is 24.8 Å². The SMILES string of the molecule is Nc1c(F)cccc1-c1ncc2c(N3CC4CCC(C4)C3)nc(OCC34CCCN3CCC4)nc2c1F.c1ccccc1. The van der Waals surface area contributed by atoms with Gasteiger partial charge in [0.05, 0.1) is 16.6 Å². The molecule has 0 spiro atoms. The van der Waals surface area contributed by atoms with Crippen molar-refractivity contribution < 1.29 is 13.5 Å². The Morgan fingerprint density at radius 3 is 2.26 bits per heavy atom. The van der Waals surface area contributed by atoms with Crippen LogP contribution in [0.25, 0.3) is 22.2 Å². The molecule has 2 N–H and O–H groups in total. The third kappa shape index (κ3) is 5.39. The monoisotopic (exact) mass is 584 g/mol. The van der Waals surface area contributed by atoms with Crippen LogP contribution in [0.15, 0.2) is 60.8 Å². The molecular weight excluding hydrogens is 546 g/mol. The summed E-state index contributed by atoms with van der Waals surface area (Å²) in [5.74, 6) is 0.689. The van der Waals surface area contributed by atoms with Crippen LogP contribution in [0.2, 0.25) is 0 Å². The lowest BCUT2D eigenvalue weighted by atomic mass is 9.95. The van der Waals surface area contributed by atoms with Crippen molar-refractivity contribution in [1.29, 1.82) is 0 Å². The smallest absolute Gasteiger partial charge is 0.319 e. The maximum Gasteiger partial charge on any atom is 0.319 e. The first kappa shape index (κ1) is 28.0. The first-order chi connectivity index (χ1) is 21.0. The molecule has 3 saturated heterocycles. The number of para-hydroxylation sites is 1. The molecule has 224 valence electrons. The summed E-state index contributed by atoms with van der Waals surface area (Å²) in [5, 5.41) is 0.548. The van der Waals surface area contributed by atoms with Crippen molar-refractivity contribution >= 4 is 22.4 Å². The molecule has 8 rings (SSSR count). The predicted octanol–water partition coefficient (Wildman–Crippen LogP) is 6.48. The minimum absolute atomic E-state index is 0.0184. The first-order valence-electron chi connectivity index (χ1n) is 15.5. The fraction of sp³-hybridized carbons (Fsp3) is 0.441. The number of nitrogen functional groups attached to an aromatic ring is 1. The molecule has 2 atom stereocenters. The van der Waals surface area contributed by atoms with Crippen molar-refractivity contribution in [3.8, 4) is 17.3 Å². The number of nitrogens with two attached hydrogens (primary N) is 1. The van der Waals surface area contributed by atoms with Crippen molar-refractivity contribution in [2.24, 2.45) is 11.8 Å². The second-order valence-corrected chi connectivity index (χ2v) is 12.5. The van der Waals surface area contributed by atoms with E-state index in [4.69, 9.17) is 15.5 Å². The van der Waals surface area contributed by atoms with Gasteiger partial charge >= 0.3 is 6.01 Å². The van der Waals surface area contributed by atoms with Crippen LogP contribution in [0.3, 0.4) is 0 Å². The topological polar surface area (TPSA) is 80.4 Å². The zero-order valence-electron chi connectivity index (χ0n) is 24.4. The minimum Gasteiger partial charge on any atom is -0.461 e. The highest BCUT2D eigenvalue weighted by Gasteiger charge is 2.45. The summed E-state index contributed by atoms with van der Waals surface area (Å²) in [4.78, 5) is 18.6. The maximum atomic E-state index is 16.1. The van der Waals surface area contributed by atoms with Crippen LogP contribution in [-0.2, 0) is 0 Å². The van der Waals surface area contributed by atoms with E-state index in [9.17, 15) is 4.39 Å². The molecule has 4 aromatic rings. The van der Waals surface area contributed by atoms with Crippen molar-refractivity contribution in [3.05, 3.63) is 72.4 Å². The normalized spacial score (nSPS) is 22.3. The Kier molecular flexibility index (Phi) is 7.59. The predicted molar refractivity (Wildman–Crippen MR) is 165 cm³/mol. The van der Waals surface area contributed by atoms with Crippen molar-refractivity contribution in [2.75, 3.05) is 43.4 Å². The lowest BCUT2D eigenvalue weighted by Crippen LogP contribution is -2.43. The summed E-state index contributed by atoms with van der Waals surface area (Å²) < 4.78 is 36.6. The van der Waals surface area contributed by atoms with E-state index in [0.717, 1.165) is 39.0 Å². The zero-order chi connectivity index (χ0) is 29.4. The molecule has 2 aromatic carbocycles. The lowest BCUT2D eigenvalue weighted by Gasteiger charge is -2.34. The lowest BCUT2D eigenvalue weighted by molar-refractivity contribution is 0.108. The Hall–Kier alpha value is -3.85. The fourth-order valence-corrected chi connectivity index (χ4v) is 7.68. The number of anilines is 2. The second-order valence-electron chi connectivity index (χ2n) is 12.5. The molecule has 2 unspecified atom stereocenters. The molecule has 9 heteroatoms. The molecule has 2 bridgehead atoms. The third-order valence-electron chi connectivity index (χ3n) is 9.81. The van der Waals surface area contributed by atoms with Crippen LogP contribution < -0.4 is 15.4 Å². The number of hydrogen-bond donors (Lipinski definition) is 1. The number of benzene rings is 2. The van der Waals surface area contributed by atoms with Gasteiger partial charge in [-0.2, -0.15) is 9.97 Å². The highest BCUT2D eigenvalue weighted by Crippen LogP contribution is 2.42. The van der Waals surface area contributed by atoms with E-state index in [-0.39, 0.29) is 34.0 Å². The van der Waals surface area contributed by atoms with E-state index in [2.05, 4.69) is 19.8 Å². The average molecular weight is 585 g/mol. The van der Waals surface area contributed by atoms with Gasteiger partial charge in [-0.3, -0.25) is 9.88 Å². The van der Waals surface area contributed by atoms with Crippen LogP contribution in [0.1, 0.15) is 44.9 Å². The molecule has 0 radical (unpaired) electrons. The van der Waals surface area contributed by atoms with Crippen molar-refractivity contribution in [3.63, 3.8) is 0 Å². The Morgan fingerprint density at radius 1 is 0.907 bits per heavy atom. The standard InChI is InChI=1S/C28H32F2N6O.C6H6/c29-21-5-1-4-19(23(21)31)24-22(30)25-20(13-32-24)26(35-14-17-6-7-18(12-17)15-35)34-27(33-25)37-16-28-8-2-10-36(28)11-3-9-28;1-2-4-6-5-3-1/h1,4-5,13,17-18H,2-3,6-12,14-16,31H2;1-6H. The minimum atomic E-state index is -0.634. The molecule has 4 fully saturated rings. The Balaban J connectivity index is 0.000000449. The summed E-state index contributed by atoms with van der Waals surface area (Å²) in [5.41, 5.74) is 6.19. The van der Waals surface area contributed by atoms with E-state index in [1.165, 1.54) is 44.2 Å². The Labute approximate surface area is 251 Å². The van der Waals surface area contributed by atoms with E-state index < -0.39 is 11.6 Å². The second kappa shape index (κ2) is 11.7. The van der Waals surface area contributed by atoms with Crippen LogP contribution in [0.4, 0.5) is 20.3 Å². The quantitative estimate of drug-likeness (QED) is 0.269. The summed E-state index contributed by atoms with van der Waals surface area (Å²) in [6.07, 6.45) is 9.83. The van der Waals surface area contributed by atoms with E-state index >= 15 is 4.39 Å². The number of nitrogens with zero attached hydrogens (tertiary/aromatic N) is 5. The van der Waals surface area contributed by atoms with Gasteiger partial charge < -0.3 is 15.4 Å². The zero-order valence-corrected chi connectivity index (χ0v) is 24.4. The maximum absolute atomic E-state index is 16.1. The molecule has 7 nitrogen and oxygen atoms in total. The fourth-order valence-electron chi connectivity index (χ4n) is 7.68. The molecule has 5 heterocycles. The average Bonchev–Trinajstić information content (AvgIpc) is 3.72. The van der Waals surface area contributed by atoms with Crippen LogP contribution in [0, 0.1) is 23.5 Å². The summed E-state index contributed by atoms with van der Waals surface area (Å²) in [6.45, 7) is 4.48. The van der Waals surface area contributed by atoms with Gasteiger partial charge in [0.1, 0.15) is 29.5 Å². The Bertz CT molecular complexity index is 1550. The number of halogens is 2. The first-order valence-corrected chi connectivity index (χ1v) is 15.5. The number of aromatic nitrogens is 3. The molecule has 2 aromatic heterocycles. The van der Waals surface area contributed by atoms with Gasteiger partial charge in [-0.05, 0) is 75.9 Å². The number of hydrogen-bond acceptors (Lipinski definition) is 7. The molecule has 43 heavy (non-hydrogen) atoms. The van der Waals surface area contributed by atoms with Gasteiger partial charge in [-0.15, -0.1) is 0 Å². The van der Waals surface area contributed by atoms with Gasteiger partial charge in [-0.25, -0.2) is 8.78 Å². The molecule has 4 aliphatic rings. The summed E-state index contributed by atoms with van der Waals surface area (Å²) in [7, 11) is 0. The number of rotatable bonds is 5. The van der Waals surface area contributed by atoms with Crippen molar-refractivity contribution in [2.45, 2.75) is 50.5 Å². The van der Waals surface area contributed by atoms with Gasteiger partial charge in [0.25, 0.3) is 0 Å². The number of ether oxygens (including phenoxy) is 1. The Morgan fingerprint density at radius 2 is 1.58 bits per heavy atom. The molecular formula is C34H38F2N6O. The molecule has 1 aliphatic carbocycles. The van der Waals surface area contributed by atoms with E-state index in [1.807, 2.05) is 36.4 Å². The van der Waals surface area contributed by atoms with Crippen LogP contribution in [-0.4, -0.2) is 58.2 Å². The largest absolute Gasteiger partial charge is 0.461 e. The highest BCUT2D eigenvalue weighted by atomic mass is 19.1. The summed E-state index contributed by atoms with van der Waals surface area (Å²) >= 11 is 0.